The van der Waals surface area contributed by atoms with Crippen LogP contribution in [0.4, 0.5) is 5.95 Å². The number of morpholine rings is 1. The Bertz CT molecular complexity index is 678. The minimum atomic E-state index is 0.240. The molecule has 0 amide bonds. The van der Waals surface area contributed by atoms with Crippen molar-refractivity contribution in [3.63, 3.8) is 0 Å². The van der Waals surface area contributed by atoms with Crippen molar-refractivity contribution in [1.29, 1.82) is 0 Å². The standard InChI is InChI=1S/C16H26N6O2S/c1-11(2)9-22-15(21-5-7-23-8-6-21)18-19-16(22)25-10-13-17-14(12(3)4)24-20-13/h11-12H,5-10H2,1-4H3. The summed E-state index contributed by atoms with van der Waals surface area (Å²) in [6.07, 6.45) is 0. The van der Waals surface area contributed by atoms with Gasteiger partial charge in [0.2, 0.25) is 11.8 Å². The molecule has 0 atom stereocenters. The van der Waals surface area contributed by atoms with Gasteiger partial charge in [0.1, 0.15) is 0 Å². The van der Waals surface area contributed by atoms with Gasteiger partial charge in [-0.25, -0.2) is 0 Å². The van der Waals surface area contributed by atoms with Crippen LogP contribution in [0.25, 0.3) is 0 Å². The van der Waals surface area contributed by atoms with Crippen LogP contribution in [0.5, 0.6) is 0 Å². The highest BCUT2D eigenvalue weighted by Gasteiger charge is 2.21. The van der Waals surface area contributed by atoms with Crippen molar-refractivity contribution in [3.8, 4) is 0 Å². The van der Waals surface area contributed by atoms with E-state index in [1.54, 1.807) is 11.8 Å². The minimum absolute atomic E-state index is 0.240. The van der Waals surface area contributed by atoms with Crippen LogP contribution in [0.2, 0.25) is 0 Å². The maximum absolute atomic E-state index is 5.44. The highest BCUT2D eigenvalue weighted by Crippen LogP contribution is 2.26. The predicted octanol–water partition coefficient (Wildman–Crippen LogP) is 2.57. The number of aromatic nitrogens is 5. The van der Waals surface area contributed by atoms with Gasteiger partial charge < -0.3 is 14.2 Å². The van der Waals surface area contributed by atoms with Crippen molar-refractivity contribution in [2.24, 2.45) is 5.92 Å². The quantitative estimate of drug-likeness (QED) is 0.692. The van der Waals surface area contributed by atoms with Crippen LogP contribution >= 0.6 is 11.8 Å². The van der Waals surface area contributed by atoms with E-state index in [0.717, 1.165) is 44.0 Å². The molecule has 9 heteroatoms. The molecule has 0 unspecified atom stereocenters. The Morgan fingerprint density at radius 1 is 1.12 bits per heavy atom. The third kappa shape index (κ3) is 4.52. The number of hydrogen-bond donors (Lipinski definition) is 0. The minimum Gasteiger partial charge on any atom is -0.378 e. The molecule has 0 saturated carbocycles. The number of anilines is 1. The lowest BCUT2D eigenvalue weighted by molar-refractivity contribution is 0.121. The molecule has 2 aromatic heterocycles. The van der Waals surface area contributed by atoms with E-state index in [4.69, 9.17) is 9.26 Å². The van der Waals surface area contributed by atoms with Crippen molar-refractivity contribution in [2.75, 3.05) is 31.2 Å². The highest BCUT2D eigenvalue weighted by molar-refractivity contribution is 7.98. The lowest BCUT2D eigenvalue weighted by atomic mass is 10.2. The van der Waals surface area contributed by atoms with Gasteiger partial charge in [-0.3, -0.25) is 4.57 Å². The maximum Gasteiger partial charge on any atom is 0.229 e. The molecule has 1 aliphatic rings. The number of thioether (sulfide) groups is 1. The normalized spacial score (nSPS) is 15.5. The van der Waals surface area contributed by atoms with Crippen LogP contribution in [0.15, 0.2) is 9.68 Å². The van der Waals surface area contributed by atoms with Gasteiger partial charge in [-0.2, -0.15) is 4.98 Å². The fraction of sp³-hybridized carbons (Fsp3) is 0.750. The molecule has 1 saturated heterocycles. The van der Waals surface area contributed by atoms with E-state index in [2.05, 4.69) is 43.7 Å². The van der Waals surface area contributed by atoms with Gasteiger partial charge in [-0.1, -0.05) is 44.6 Å². The van der Waals surface area contributed by atoms with Gasteiger partial charge in [-0.05, 0) is 5.92 Å². The summed E-state index contributed by atoms with van der Waals surface area (Å²) in [6, 6.07) is 0. The van der Waals surface area contributed by atoms with Gasteiger partial charge in [0, 0.05) is 25.6 Å². The predicted molar refractivity (Wildman–Crippen MR) is 95.8 cm³/mol. The van der Waals surface area contributed by atoms with Crippen LogP contribution in [-0.4, -0.2) is 51.2 Å². The van der Waals surface area contributed by atoms with Crippen molar-refractivity contribution in [2.45, 2.75) is 51.1 Å². The smallest absolute Gasteiger partial charge is 0.229 e. The third-order valence-corrected chi connectivity index (χ3v) is 4.81. The maximum atomic E-state index is 5.44. The first-order valence-electron chi connectivity index (χ1n) is 8.75. The first-order valence-corrected chi connectivity index (χ1v) is 9.74. The lowest BCUT2D eigenvalue weighted by Crippen LogP contribution is -2.38. The van der Waals surface area contributed by atoms with E-state index in [1.165, 1.54) is 0 Å². The Morgan fingerprint density at radius 2 is 1.88 bits per heavy atom. The molecule has 1 aliphatic heterocycles. The number of ether oxygens (including phenoxy) is 1. The third-order valence-electron chi connectivity index (χ3n) is 3.85. The highest BCUT2D eigenvalue weighted by atomic mass is 32.2. The van der Waals surface area contributed by atoms with E-state index >= 15 is 0 Å². The summed E-state index contributed by atoms with van der Waals surface area (Å²) >= 11 is 1.60. The summed E-state index contributed by atoms with van der Waals surface area (Å²) in [5.41, 5.74) is 0. The van der Waals surface area contributed by atoms with Crippen LogP contribution in [-0.2, 0) is 17.0 Å². The molecule has 25 heavy (non-hydrogen) atoms. The molecule has 1 fully saturated rings. The number of nitrogens with zero attached hydrogens (tertiary/aromatic N) is 6. The average Bonchev–Trinajstić information content (AvgIpc) is 3.20. The molecule has 0 N–H and O–H groups in total. The van der Waals surface area contributed by atoms with Gasteiger partial charge >= 0.3 is 0 Å². The van der Waals surface area contributed by atoms with Gasteiger partial charge in [0.05, 0.1) is 19.0 Å². The van der Waals surface area contributed by atoms with Gasteiger partial charge in [-0.15, -0.1) is 10.2 Å². The summed E-state index contributed by atoms with van der Waals surface area (Å²) in [5.74, 6) is 3.66. The molecule has 138 valence electrons. The van der Waals surface area contributed by atoms with Crippen LogP contribution in [0.3, 0.4) is 0 Å². The average molecular weight is 366 g/mol. The summed E-state index contributed by atoms with van der Waals surface area (Å²) in [7, 11) is 0. The topological polar surface area (TPSA) is 82.1 Å². The lowest BCUT2D eigenvalue weighted by Gasteiger charge is -2.28. The van der Waals surface area contributed by atoms with Crippen molar-refractivity contribution in [1.82, 2.24) is 24.9 Å². The molecular weight excluding hydrogens is 340 g/mol. The molecule has 8 nitrogen and oxygen atoms in total. The van der Waals surface area contributed by atoms with Crippen molar-refractivity contribution < 1.29 is 9.26 Å². The zero-order valence-electron chi connectivity index (χ0n) is 15.3. The molecule has 0 bridgehead atoms. The van der Waals surface area contributed by atoms with E-state index in [1.807, 2.05) is 13.8 Å². The first kappa shape index (κ1) is 18.2. The molecule has 0 radical (unpaired) electrons. The Balaban J connectivity index is 1.74. The summed E-state index contributed by atoms with van der Waals surface area (Å²) in [5, 5.41) is 13.8. The Morgan fingerprint density at radius 3 is 2.52 bits per heavy atom. The second kappa shape index (κ2) is 8.18. The number of rotatable bonds is 7. The zero-order chi connectivity index (χ0) is 17.8. The molecule has 0 aromatic carbocycles. The fourth-order valence-electron chi connectivity index (χ4n) is 2.60. The molecule has 0 aliphatic carbocycles. The van der Waals surface area contributed by atoms with E-state index in [-0.39, 0.29) is 5.92 Å². The first-order chi connectivity index (χ1) is 12.0. The zero-order valence-corrected chi connectivity index (χ0v) is 16.1. The second-order valence-electron chi connectivity index (χ2n) is 6.88. The van der Waals surface area contributed by atoms with E-state index < -0.39 is 0 Å². The number of hydrogen-bond acceptors (Lipinski definition) is 8. The van der Waals surface area contributed by atoms with Crippen molar-refractivity contribution >= 4 is 17.7 Å². The summed E-state index contributed by atoms with van der Waals surface area (Å²) in [4.78, 5) is 6.67. The van der Waals surface area contributed by atoms with Crippen LogP contribution in [0.1, 0.15) is 45.3 Å². The molecule has 3 rings (SSSR count). The fourth-order valence-corrected chi connectivity index (χ4v) is 3.39. The SMILES string of the molecule is CC(C)Cn1c(SCc2noc(C(C)C)n2)nnc1N1CCOCC1. The Hall–Kier alpha value is -1.61. The summed E-state index contributed by atoms with van der Waals surface area (Å²) < 4.78 is 12.9. The van der Waals surface area contributed by atoms with Gasteiger partial charge in [0.25, 0.3) is 0 Å². The van der Waals surface area contributed by atoms with E-state index in [9.17, 15) is 0 Å². The van der Waals surface area contributed by atoms with Crippen LogP contribution in [0, 0.1) is 5.92 Å². The molecule has 2 aromatic rings. The van der Waals surface area contributed by atoms with E-state index in [0.29, 0.717) is 23.4 Å². The summed E-state index contributed by atoms with van der Waals surface area (Å²) in [6.45, 7) is 12.5. The van der Waals surface area contributed by atoms with Crippen LogP contribution < -0.4 is 4.90 Å². The van der Waals surface area contributed by atoms with Crippen molar-refractivity contribution in [3.05, 3.63) is 11.7 Å². The monoisotopic (exact) mass is 366 g/mol. The molecule has 0 spiro atoms. The largest absolute Gasteiger partial charge is 0.378 e. The second-order valence-corrected chi connectivity index (χ2v) is 7.82. The Kier molecular flexibility index (Phi) is 5.95. The molecule has 3 heterocycles. The van der Waals surface area contributed by atoms with Gasteiger partial charge in [0.15, 0.2) is 11.0 Å². The molecular formula is C16H26N6O2S. The Labute approximate surface area is 152 Å².